The first-order chi connectivity index (χ1) is 9.54. The van der Waals surface area contributed by atoms with Gasteiger partial charge in [-0.2, -0.15) is 17.0 Å². The molecule has 1 aliphatic rings. The van der Waals surface area contributed by atoms with E-state index in [1.54, 1.807) is 25.4 Å². The van der Waals surface area contributed by atoms with Gasteiger partial charge in [0.15, 0.2) is 0 Å². The van der Waals surface area contributed by atoms with Crippen molar-refractivity contribution >= 4 is 10.2 Å². The highest BCUT2D eigenvalue weighted by Crippen LogP contribution is 2.20. The van der Waals surface area contributed by atoms with Gasteiger partial charge in [-0.1, -0.05) is 6.07 Å². The summed E-state index contributed by atoms with van der Waals surface area (Å²) in [6.45, 7) is 1.20. The van der Waals surface area contributed by atoms with Crippen molar-refractivity contribution < 1.29 is 13.5 Å². The van der Waals surface area contributed by atoms with E-state index in [0.29, 0.717) is 18.8 Å². The van der Waals surface area contributed by atoms with Crippen molar-refractivity contribution in [1.29, 1.82) is 0 Å². The topological polar surface area (TPSA) is 73.7 Å². The number of piperidine rings is 1. The van der Waals surface area contributed by atoms with Crippen molar-refractivity contribution in [3.05, 3.63) is 30.1 Å². The van der Waals surface area contributed by atoms with E-state index >= 15 is 0 Å². The van der Waals surface area contributed by atoms with E-state index < -0.39 is 10.2 Å². The molecule has 112 valence electrons. The molecule has 7 heteroatoms. The van der Waals surface area contributed by atoms with Crippen LogP contribution in [0, 0.1) is 5.92 Å². The molecule has 2 heterocycles. The summed E-state index contributed by atoms with van der Waals surface area (Å²) in [4.78, 5) is 4.14. The summed E-state index contributed by atoms with van der Waals surface area (Å²) in [6, 6.07) is 5.44. The number of aliphatic hydroxyl groups excluding tert-OH is 1. The summed E-state index contributed by atoms with van der Waals surface area (Å²) < 4.78 is 27.8. The van der Waals surface area contributed by atoms with Gasteiger partial charge in [-0.05, 0) is 30.9 Å². The maximum atomic E-state index is 12.5. The Kier molecular flexibility index (Phi) is 5.09. The highest BCUT2D eigenvalue weighted by atomic mass is 32.2. The highest BCUT2D eigenvalue weighted by molar-refractivity contribution is 7.86. The van der Waals surface area contributed by atoms with Crippen LogP contribution in [0.25, 0.3) is 0 Å². The molecule has 0 spiro atoms. The van der Waals surface area contributed by atoms with Gasteiger partial charge in [-0.25, -0.2) is 0 Å². The molecular formula is C13H21N3O3S. The average Bonchev–Trinajstić information content (AvgIpc) is 2.48. The third kappa shape index (κ3) is 3.54. The molecule has 1 atom stereocenters. The van der Waals surface area contributed by atoms with Crippen molar-refractivity contribution in [2.45, 2.75) is 19.4 Å². The van der Waals surface area contributed by atoms with Gasteiger partial charge in [0.25, 0.3) is 10.2 Å². The quantitative estimate of drug-likeness (QED) is 0.857. The molecule has 1 saturated heterocycles. The van der Waals surface area contributed by atoms with Crippen molar-refractivity contribution in [3.63, 3.8) is 0 Å². The lowest BCUT2D eigenvalue weighted by molar-refractivity contribution is 0.161. The highest BCUT2D eigenvalue weighted by Gasteiger charge is 2.31. The maximum absolute atomic E-state index is 12.5. The Morgan fingerprint density at radius 3 is 2.95 bits per heavy atom. The fourth-order valence-electron chi connectivity index (χ4n) is 2.38. The van der Waals surface area contributed by atoms with Crippen LogP contribution in [-0.4, -0.2) is 53.9 Å². The van der Waals surface area contributed by atoms with E-state index in [9.17, 15) is 13.5 Å². The molecule has 0 saturated carbocycles. The third-order valence-electron chi connectivity index (χ3n) is 3.57. The molecule has 0 aromatic carbocycles. The number of hydrogen-bond donors (Lipinski definition) is 1. The van der Waals surface area contributed by atoms with E-state index in [0.717, 1.165) is 12.8 Å². The first-order valence-electron chi connectivity index (χ1n) is 6.76. The van der Waals surface area contributed by atoms with Crippen LogP contribution < -0.4 is 0 Å². The lowest BCUT2D eigenvalue weighted by Crippen LogP contribution is -2.47. The van der Waals surface area contributed by atoms with Gasteiger partial charge >= 0.3 is 0 Å². The van der Waals surface area contributed by atoms with Crippen LogP contribution in [0.15, 0.2) is 24.4 Å². The first-order valence-corrected chi connectivity index (χ1v) is 8.16. The Hall–Kier alpha value is -1.02. The number of nitrogens with zero attached hydrogens (tertiary/aromatic N) is 3. The minimum atomic E-state index is -3.49. The Morgan fingerprint density at radius 1 is 1.50 bits per heavy atom. The van der Waals surface area contributed by atoms with Crippen molar-refractivity contribution in [2.75, 3.05) is 26.7 Å². The Bertz CT molecular complexity index is 521. The number of pyridine rings is 1. The monoisotopic (exact) mass is 299 g/mol. The molecule has 0 amide bonds. The summed E-state index contributed by atoms with van der Waals surface area (Å²) >= 11 is 0. The molecule has 0 bridgehead atoms. The van der Waals surface area contributed by atoms with Gasteiger partial charge in [0.2, 0.25) is 0 Å². The molecule has 1 unspecified atom stereocenters. The summed E-state index contributed by atoms with van der Waals surface area (Å²) in [5.41, 5.74) is 0.717. The van der Waals surface area contributed by atoms with Gasteiger partial charge in [0.05, 0.1) is 12.2 Å². The van der Waals surface area contributed by atoms with Crippen LogP contribution in [0.2, 0.25) is 0 Å². The van der Waals surface area contributed by atoms with Crippen LogP contribution in [0.3, 0.4) is 0 Å². The van der Waals surface area contributed by atoms with E-state index in [4.69, 9.17) is 0 Å². The van der Waals surface area contributed by atoms with Crippen LogP contribution in [0.5, 0.6) is 0 Å². The Balaban J connectivity index is 2.05. The van der Waals surface area contributed by atoms with Crippen molar-refractivity contribution in [3.8, 4) is 0 Å². The number of aliphatic hydroxyl groups is 1. The van der Waals surface area contributed by atoms with Gasteiger partial charge in [0.1, 0.15) is 0 Å². The normalized spacial score (nSPS) is 21.2. The largest absolute Gasteiger partial charge is 0.396 e. The molecule has 1 aromatic heterocycles. The molecule has 2 rings (SSSR count). The Morgan fingerprint density at radius 2 is 2.30 bits per heavy atom. The van der Waals surface area contributed by atoms with Crippen LogP contribution in [0.1, 0.15) is 18.5 Å². The molecule has 6 nitrogen and oxygen atoms in total. The van der Waals surface area contributed by atoms with E-state index in [1.165, 1.54) is 8.61 Å². The van der Waals surface area contributed by atoms with Crippen LogP contribution >= 0.6 is 0 Å². The zero-order valence-corrected chi connectivity index (χ0v) is 12.5. The fraction of sp³-hybridized carbons (Fsp3) is 0.615. The molecular weight excluding hydrogens is 278 g/mol. The summed E-state index contributed by atoms with van der Waals surface area (Å²) in [7, 11) is -1.93. The predicted octanol–water partition coefficient (Wildman–Crippen LogP) is 0.462. The maximum Gasteiger partial charge on any atom is 0.282 e. The lowest BCUT2D eigenvalue weighted by atomic mass is 10.0. The second kappa shape index (κ2) is 6.62. The number of hydrogen-bond acceptors (Lipinski definition) is 4. The van der Waals surface area contributed by atoms with Crippen molar-refractivity contribution in [2.24, 2.45) is 5.92 Å². The lowest BCUT2D eigenvalue weighted by Gasteiger charge is -2.33. The van der Waals surface area contributed by atoms with Gasteiger partial charge in [-0.15, -0.1) is 0 Å². The molecule has 0 aliphatic carbocycles. The second-order valence-corrected chi connectivity index (χ2v) is 7.17. The smallest absolute Gasteiger partial charge is 0.282 e. The van der Waals surface area contributed by atoms with Gasteiger partial charge in [-0.3, -0.25) is 4.98 Å². The number of aromatic nitrogens is 1. The standard InChI is InChI=1S/C13H21N3O3S/c1-15(10-13-6-2-3-7-14-13)20(18,19)16-8-4-5-12(9-16)11-17/h2-3,6-7,12,17H,4-5,8-11H2,1H3. The van der Waals surface area contributed by atoms with Crippen molar-refractivity contribution in [1.82, 2.24) is 13.6 Å². The second-order valence-electron chi connectivity index (χ2n) is 5.13. The molecule has 20 heavy (non-hydrogen) atoms. The average molecular weight is 299 g/mol. The van der Waals surface area contributed by atoms with E-state index in [-0.39, 0.29) is 19.1 Å². The summed E-state index contributed by atoms with van der Waals surface area (Å²) in [5.74, 6) is 0.0433. The summed E-state index contributed by atoms with van der Waals surface area (Å²) in [5, 5.41) is 9.20. The molecule has 0 radical (unpaired) electrons. The summed E-state index contributed by atoms with van der Waals surface area (Å²) in [6.07, 6.45) is 3.33. The predicted molar refractivity (Wildman–Crippen MR) is 76.0 cm³/mol. The van der Waals surface area contributed by atoms with Gasteiger partial charge in [0, 0.05) is 32.9 Å². The minimum absolute atomic E-state index is 0.0377. The molecule has 1 aromatic rings. The third-order valence-corrected chi connectivity index (χ3v) is 5.47. The van der Waals surface area contributed by atoms with E-state index in [1.807, 2.05) is 6.07 Å². The molecule has 1 N–H and O–H groups in total. The zero-order chi connectivity index (χ0) is 14.6. The van der Waals surface area contributed by atoms with Gasteiger partial charge < -0.3 is 5.11 Å². The van der Waals surface area contributed by atoms with Crippen LogP contribution in [0.4, 0.5) is 0 Å². The fourth-order valence-corrected chi connectivity index (χ4v) is 3.83. The Labute approximate surface area is 120 Å². The zero-order valence-electron chi connectivity index (χ0n) is 11.6. The first kappa shape index (κ1) is 15.4. The number of rotatable bonds is 5. The minimum Gasteiger partial charge on any atom is -0.396 e. The van der Waals surface area contributed by atoms with Crippen LogP contribution in [-0.2, 0) is 16.8 Å². The molecule has 1 aliphatic heterocycles. The SMILES string of the molecule is CN(Cc1ccccn1)S(=O)(=O)N1CCCC(CO)C1. The van der Waals surface area contributed by atoms with E-state index in [2.05, 4.69) is 4.98 Å². The molecule has 1 fully saturated rings.